The number of aromatic nitrogens is 1. The number of likely N-dealkylation sites (N-methyl/N-ethyl adjacent to an activating group) is 1. The van der Waals surface area contributed by atoms with Crippen molar-refractivity contribution in [2.45, 2.75) is 19.4 Å². The van der Waals surface area contributed by atoms with E-state index in [-0.39, 0.29) is 5.91 Å². The molecule has 1 aliphatic carbocycles. The molecule has 0 bridgehead atoms. The van der Waals surface area contributed by atoms with Gasteiger partial charge in [0, 0.05) is 18.1 Å². The molecule has 3 aromatic rings. The van der Waals surface area contributed by atoms with Gasteiger partial charge in [-0.05, 0) is 40.8 Å². The van der Waals surface area contributed by atoms with Crippen LogP contribution in [-0.4, -0.2) is 17.9 Å². The molecule has 4 rings (SSSR count). The third-order valence-electron chi connectivity index (χ3n) is 4.46. The fourth-order valence-corrected chi connectivity index (χ4v) is 3.98. The number of nitrogens with zero attached hydrogens (tertiary/aromatic N) is 1. The summed E-state index contributed by atoms with van der Waals surface area (Å²) in [6, 6.07) is 15.1. The molecule has 0 unspecified atom stereocenters. The molecule has 2 N–H and O–H groups in total. The Labute approximate surface area is 150 Å². The van der Waals surface area contributed by atoms with Gasteiger partial charge in [-0.3, -0.25) is 4.79 Å². The maximum absolute atomic E-state index is 11.4. The van der Waals surface area contributed by atoms with Gasteiger partial charge in [-0.25, -0.2) is 4.98 Å². The van der Waals surface area contributed by atoms with Gasteiger partial charge < -0.3 is 10.6 Å². The number of carbonyl (C=O) groups is 1. The summed E-state index contributed by atoms with van der Waals surface area (Å²) in [4.78, 5) is 15.9. The van der Waals surface area contributed by atoms with Crippen molar-refractivity contribution in [2.75, 3.05) is 12.4 Å². The predicted octanol–water partition coefficient (Wildman–Crippen LogP) is 3.61. The number of benzene rings is 2. The van der Waals surface area contributed by atoms with Crippen LogP contribution in [0.4, 0.5) is 5.69 Å². The van der Waals surface area contributed by atoms with E-state index in [2.05, 4.69) is 58.1 Å². The summed E-state index contributed by atoms with van der Waals surface area (Å²) in [5.41, 5.74) is 7.52. The Kier molecular flexibility index (Phi) is 4.24. The van der Waals surface area contributed by atoms with Crippen LogP contribution < -0.4 is 10.6 Å². The molecule has 0 saturated carbocycles. The lowest BCUT2D eigenvalue weighted by Gasteiger charge is -2.07. The highest BCUT2D eigenvalue weighted by atomic mass is 32.1. The van der Waals surface area contributed by atoms with E-state index in [9.17, 15) is 4.79 Å². The van der Waals surface area contributed by atoms with Crippen molar-refractivity contribution in [2.24, 2.45) is 0 Å². The summed E-state index contributed by atoms with van der Waals surface area (Å²) in [6.45, 7) is 0.663. The minimum Gasteiger partial charge on any atom is -0.379 e. The highest BCUT2D eigenvalue weighted by Gasteiger charge is 2.17. The molecule has 5 heteroatoms. The van der Waals surface area contributed by atoms with Crippen molar-refractivity contribution < 1.29 is 4.79 Å². The lowest BCUT2D eigenvalue weighted by molar-refractivity contribution is -0.119. The number of fused-ring (bicyclic) bond motifs is 3. The number of rotatable bonds is 5. The van der Waals surface area contributed by atoms with Crippen LogP contribution in [0.15, 0.2) is 47.8 Å². The summed E-state index contributed by atoms with van der Waals surface area (Å²) in [7, 11) is 1.64. The van der Waals surface area contributed by atoms with Gasteiger partial charge in [0.25, 0.3) is 0 Å². The smallest absolute Gasteiger partial charge is 0.226 e. The van der Waals surface area contributed by atoms with E-state index >= 15 is 0 Å². The fourth-order valence-electron chi connectivity index (χ4n) is 3.18. The van der Waals surface area contributed by atoms with Crippen molar-refractivity contribution in [3.8, 4) is 11.1 Å². The van der Waals surface area contributed by atoms with Crippen LogP contribution in [0, 0.1) is 0 Å². The van der Waals surface area contributed by atoms with E-state index in [1.54, 1.807) is 7.05 Å². The molecule has 0 radical (unpaired) electrons. The monoisotopic (exact) mass is 349 g/mol. The van der Waals surface area contributed by atoms with Gasteiger partial charge in [0.05, 0.1) is 18.7 Å². The Bertz CT molecular complexity index is 932. The summed E-state index contributed by atoms with van der Waals surface area (Å²) < 4.78 is 0. The van der Waals surface area contributed by atoms with E-state index in [0.29, 0.717) is 13.0 Å². The second kappa shape index (κ2) is 6.69. The zero-order valence-corrected chi connectivity index (χ0v) is 14.8. The van der Waals surface area contributed by atoms with Gasteiger partial charge in [-0.1, -0.05) is 30.3 Å². The first-order chi connectivity index (χ1) is 12.2. The van der Waals surface area contributed by atoms with Crippen LogP contribution in [0.3, 0.4) is 0 Å². The van der Waals surface area contributed by atoms with Crippen LogP contribution in [0.5, 0.6) is 0 Å². The Morgan fingerprint density at radius 3 is 2.88 bits per heavy atom. The second-order valence-electron chi connectivity index (χ2n) is 6.14. The van der Waals surface area contributed by atoms with Gasteiger partial charge in [0.2, 0.25) is 5.91 Å². The van der Waals surface area contributed by atoms with Crippen molar-refractivity contribution in [3.63, 3.8) is 0 Å². The zero-order chi connectivity index (χ0) is 17.2. The van der Waals surface area contributed by atoms with Crippen LogP contribution in [-0.2, 0) is 24.2 Å². The first kappa shape index (κ1) is 15.8. The summed E-state index contributed by atoms with van der Waals surface area (Å²) in [5.74, 6) is -0.00736. The standard InChI is InChI=1S/C20H19N3OS/c1-21-19(24)10-20-23-16(12-25-20)11-22-15-6-7-18-14(9-15)8-13-4-2-3-5-17(13)18/h2-7,9,12,22H,8,10-11H2,1H3,(H,21,24). The zero-order valence-electron chi connectivity index (χ0n) is 14.0. The number of thiazole rings is 1. The van der Waals surface area contributed by atoms with Gasteiger partial charge in [-0.2, -0.15) is 0 Å². The minimum atomic E-state index is -0.00736. The molecule has 0 spiro atoms. The maximum Gasteiger partial charge on any atom is 0.226 e. The Balaban J connectivity index is 1.43. The Morgan fingerprint density at radius 2 is 2.00 bits per heavy atom. The largest absolute Gasteiger partial charge is 0.379 e. The lowest BCUT2D eigenvalue weighted by atomic mass is 10.1. The third kappa shape index (κ3) is 3.28. The van der Waals surface area contributed by atoms with Crippen molar-refractivity contribution in [1.82, 2.24) is 10.3 Å². The van der Waals surface area contributed by atoms with Crippen LogP contribution >= 0.6 is 11.3 Å². The average molecular weight is 349 g/mol. The van der Waals surface area contributed by atoms with Gasteiger partial charge >= 0.3 is 0 Å². The molecule has 0 atom stereocenters. The molecular weight excluding hydrogens is 330 g/mol. The van der Waals surface area contributed by atoms with Gasteiger partial charge in [0.15, 0.2) is 0 Å². The van der Waals surface area contributed by atoms with Crippen molar-refractivity contribution in [3.05, 3.63) is 69.7 Å². The number of anilines is 1. The molecule has 0 aliphatic heterocycles. The molecule has 1 heterocycles. The molecule has 0 fully saturated rings. The van der Waals surface area contributed by atoms with E-state index in [0.717, 1.165) is 22.8 Å². The lowest BCUT2D eigenvalue weighted by Crippen LogP contribution is -2.19. The third-order valence-corrected chi connectivity index (χ3v) is 5.35. The maximum atomic E-state index is 11.4. The molecule has 1 aliphatic rings. The average Bonchev–Trinajstić information content (AvgIpc) is 3.23. The minimum absolute atomic E-state index is 0.00736. The second-order valence-corrected chi connectivity index (χ2v) is 7.08. The van der Waals surface area contributed by atoms with E-state index < -0.39 is 0 Å². The Hall–Kier alpha value is -2.66. The summed E-state index contributed by atoms with van der Waals surface area (Å²) in [5, 5.41) is 8.92. The molecule has 25 heavy (non-hydrogen) atoms. The molecule has 0 saturated heterocycles. The Morgan fingerprint density at radius 1 is 1.16 bits per heavy atom. The van der Waals surface area contributed by atoms with E-state index in [1.807, 2.05) is 5.38 Å². The van der Waals surface area contributed by atoms with Crippen molar-refractivity contribution >= 4 is 22.9 Å². The highest BCUT2D eigenvalue weighted by Crippen LogP contribution is 2.37. The normalized spacial score (nSPS) is 11.7. The SMILES string of the molecule is CNC(=O)Cc1nc(CNc2ccc3c(c2)Cc2ccccc2-3)cs1. The summed E-state index contributed by atoms with van der Waals surface area (Å²) in [6.07, 6.45) is 1.34. The number of carbonyl (C=O) groups excluding carboxylic acids is 1. The number of amides is 1. The topological polar surface area (TPSA) is 54.0 Å². The molecule has 1 amide bonds. The van der Waals surface area contributed by atoms with Crippen LogP contribution in [0.1, 0.15) is 21.8 Å². The molecule has 2 aromatic carbocycles. The fraction of sp³-hybridized carbons (Fsp3) is 0.200. The highest BCUT2D eigenvalue weighted by molar-refractivity contribution is 7.09. The first-order valence-electron chi connectivity index (χ1n) is 8.32. The first-order valence-corrected chi connectivity index (χ1v) is 9.20. The van der Waals surface area contributed by atoms with E-state index in [4.69, 9.17) is 0 Å². The molecule has 4 nitrogen and oxygen atoms in total. The number of nitrogens with one attached hydrogen (secondary N) is 2. The number of hydrogen-bond donors (Lipinski definition) is 2. The number of hydrogen-bond acceptors (Lipinski definition) is 4. The molecular formula is C20H19N3OS. The van der Waals surface area contributed by atoms with E-state index in [1.165, 1.54) is 33.6 Å². The van der Waals surface area contributed by atoms with Crippen LogP contribution in [0.2, 0.25) is 0 Å². The predicted molar refractivity (Wildman–Crippen MR) is 102 cm³/mol. The summed E-state index contributed by atoms with van der Waals surface area (Å²) >= 11 is 1.53. The van der Waals surface area contributed by atoms with Crippen molar-refractivity contribution in [1.29, 1.82) is 0 Å². The van der Waals surface area contributed by atoms with Gasteiger partial charge in [-0.15, -0.1) is 11.3 Å². The quantitative estimate of drug-likeness (QED) is 0.579. The van der Waals surface area contributed by atoms with Gasteiger partial charge in [0.1, 0.15) is 5.01 Å². The molecule has 126 valence electrons. The van der Waals surface area contributed by atoms with Crippen LogP contribution in [0.25, 0.3) is 11.1 Å². The molecule has 1 aromatic heterocycles.